The molecule has 0 bridgehead atoms. The molecule has 0 atom stereocenters. The quantitative estimate of drug-likeness (QED) is 0.206. The molecule has 200 valence electrons. The second-order valence-electron chi connectivity index (χ2n) is 10.4. The monoisotopic (exact) mass is 557 g/mol. The molecule has 0 fully saturated rings. The first-order chi connectivity index (χ1) is 18.4. The van der Waals surface area contributed by atoms with Gasteiger partial charge in [0.1, 0.15) is 0 Å². The van der Waals surface area contributed by atoms with E-state index < -0.39 is 29.7 Å². The lowest BCUT2D eigenvalue weighted by Crippen LogP contribution is -2.37. The molecular formula is C30H31N3O4SSi. The number of rotatable bonds is 7. The zero-order valence-corrected chi connectivity index (χ0v) is 24.1. The Morgan fingerprint density at radius 3 is 1.77 bits per heavy atom. The second-order valence-corrected chi connectivity index (χ2v) is 17.4. The summed E-state index contributed by atoms with van der Waals surface area (Å²) < 4.78 is 26.2. The Hall–Kier alpha value is -4.21. The third kappa shape index (κ3) is 6.27. The summed E-state index contributed by atoms with van der Waals surface area (Å²) >= 11 is 0. The van der Waals surface area contributed by atoms with Crippen molar-refractivity contribution in [2.45, 2.75) is 36.4 Å². The molecule has 4 N–H and O–H groups in total. The van der Waals surface area contributed by atoms with E-state index in [0.717, 1.165) is 5.56 Å². The summed E-state index contributed by atoms with van der Waals surface area (Å²) in [4.78, 5) is 26.4. The van der Waals surface area contributed by atoms with Gasteiger partial charge in [0, 0.05) is 11.4 Å². The number of sulfone groups is 1. The van der Waals surface area contributed by atoms with Crippen molar-refractivity contribution in [3.63, 3.8) is 0 Å². The van der Waals surface area contributed by atoms with Crippen molar-refractivity contribution in [1.82, 2.24) is 0 Å². The highest BCUT2D eigenvalue weighted by Gasteiger charge is 2.21. The van der Waals surface area contributed by atoms with Crippen molar-refractivity contribution in [3.8, 4) is 0 Å². The topological polar surface area (TPSA) is 118 Å². The third-order valence-corrected chi connectivity index (χ3v) is 10.1. The SMILES string of the molecule is Cc1ccc(S(=O)(=O)c2cccc(NC(=O)c3cccc(C(=O)Nc4cccc([Si](C)(C)C)c4)c3N)c2)cc1. The molecule has 9 heteroatoms. The van der Waals surface area contributed by atoms with Gasteiger partial charge in [-0.3, -0.25) is 9.59 Å². The molecule has 0 spiro atoms. The number of para-hydroxylation sites is 1. The Kier molecular flexibility index (Phi) is 7.76. The van der Waals surface area contributed by atoms with Gasteiger partial charge < -0.3 is 16.4 Å². The van der Waals surface area contributed by atoms with Gasteiger partial charge in [-0.2, -0.15) is 0 Å². The lowest BCUT2D eigenvalue weighted by atomic mass is 10.1. The molecule has 0 aliphatic heterocycles. The van der Waals surface area contributed by atoms with Crippen LogP contribution in [-0.2, 0) is 9.84 Å². The Morgan fingerprint density at radius 2 is 1.21 bits per heavy atom. The molecule has 4 aromatic rings. The molecule has 0 aromatic heterocycles. The summed E-state index contributed by atoms with van der Waals surface area (Å²) in [5.41, 5.74) is 8.44. The van der Waals surface area contributed by atoms with E-state index in [1.54, 1.807) is 48.5 Å². The number of aryl methyl sites for hydroxylation is 1. The van der Waals surface area contributed by atoms with E-state index in [1.165, 1.54) is 23.4 Å². The normalized spacial score (nSPS) is 11.6. The summed E-state index contributed by atoms with van der Waals surface area (Å²) in [5.74, 6) is -0.992. The number of nitrogens with one attached hydrogen (secondary N) is 2. The van der Waals surface area contributed by atoms with Crippen LogP contribution in [0.2, 0.25) is 19.6 Å². The van der Waals surface area contributed by atoms with Crippen LogP contribution in [0, 0.1) is 6.92 Å². The van der Waals surface area contributed by atoms with Gasteiger partial charge in [-0.05, 0) is 61.5 Å². The van der Waals surface area contributed by atoms with Gasteiger partial charge in [-0.25, -0.2) is 8.42 Å². The minimum atomic E-state index is -3.77. The maximum Gasteiger partial charge on any atom is 0.257 e. The highest BCUT2D eigenvalue weighted by Crippen LogP contribution is 2.25. The van der Waals surface area contributed by atoms with Gasteiger partial charge in [-0.1, -0.05) is 66.8 Å². The van der Waals surface area contributed by atoms with Gasteiger partial charge in [-0.15, -0.1) is 0 Å². The first kappa shape index (κ1) is 27.8. The summed E-state index contributed by atoms with van der Waals surface area (Å²) in [5, 5.41) is 6.78. The largest absolute Gasteiger partial charge is 0.397 e. The zero-order chi connectivity index (χ0) is 28.4. The molecule has 0 saturated heterocycles. The van der Waals surface area contributed by atoms with E-state index in [2.05, 4.69) is 36.3 Å². The molecule has 4 aromatic carbocycles. The average molecular weight is 558 g/mol. The van der Waals surface area contributed by atoms with Gasteiger partial charge in [0.2, 0.25) is 9.84 Å². The summed E-state index contributed by atoms with van der Waals surface area (Å²) in [6.07, 6.45) is 0. The summed E-state index contributed by atoms with van der Waals surface area (Å²) in [7, 11) is -5.34. The number of anilines is 3. The minimum Gasteiger partial charge on any atom is -0.397 e. The van der Waals surface area contributed by atoms with E-state index in [-0.39, 0.29) is 32.3 Å². The molecule has 0 aliphatic carbocycles. The van der Waals surface area contributed by atoms with Crippen LogP contribution in [0.1, 0.15) is 26.3 Å². The molecule has 0 saturated carbocycles. The molecule has 0 unspecified atom stereocenters. The van der Waals surface area contributed by atoms with Crippen LogP contribution >= 0.6 is 0 Å². The zero-order valence-electron chi connectivity index (χ0n) is 22.3. The lowest BCUT2D eigenvalue weighted by molar-refractivity contribution is 0.102. The Balaban J connectivity index is 1.55. The van der Waals surface area contributed by atoms with Crippen molar-refractivity contribution >= 4 is 52.0 Å². The number of carbonyl (C=O) groups excluding carboxylic acids is 2. The molecule has 0 aliphatic rings. The highest BCUT2D eigenvalue weighted by molar-refractivity contribution is 7.91. The molecule has 7 nitrogen and oxygen atoms in total. The predicted octanol–water partition coefficient (Wildman–Crippen LogP) is 5.46. The fourth-order valence-corrected chi connectivity index (χ4v) is 6.51. The standard InChI is InChI=1S/C30H31N3O4SSi/c1-20-14-16-23(17-15-20)38(36,37)24-10-5-8-21(18-24)32-29(34)26-12-7-13-27(28(26)31)30(35)33-22-9-6-11-25(19-22)39(2,3)4/h5-19H,31H2,1-4H3,(H,32,34)(H,33,35). The minimum absolute atomic E-state index is 0.0253. The van der Waals surface area contributed by atoms with Crippen LogP contribution in [0.15, 0.2) is 101 Å². The van der Waals surface area contributed by atoms with Gasteiger partial charge in [0.05, 0.1) is 34.7 Å². The molecule has 39 heavy (non-hydrogen) atoms. The van der Waals surface area contributed by atoms with Crippen LogP contribution in [0.25, 0.3) is 0 Å². The maximum atomic E-state index is 13.1. The van der Waals surface area contributed by atoms with Gasteiger partial charge >= 0.3 is 0 Å². The number of nitrogens with two attached hydrogens (primary N) is 1. The number of benzene rings is 4. The van der Waals surface area contributed by atoms with E-state index in [0.29, 0.717) is 5.69 Å². The molecule has 2 amide bonds. The van der Waals surface area contributed by atoms with Crippen molar-refractivity contribution in [2.75, 3.05) is 16.4 Å². The van der Waals surface area contributed by atoms with E-state index in [1.807, 2.05) is 25.1 Å². The molecular weight excluding hydrogens is 527 g/mol. The number of nitrogen functional groups attached to an aromatic ring is 1. The van der Waals surface area contributed by atoms with Crippen LogP contribution in [-0.4, -0.2) is 28.3 Å². The van der Waals surface area contributed by atoms with E-state index in [4.69, 9.17) is 5.73 Å². The van der Waals surface area contributed by atoms with Gasteiger partial charge in [0.25, 0.3) is 11.8 Å². The highest BCUT2D eigenvalue weighted by atomic mass is 32.2. The number of hydrogen-bond acceptors (Lipinski definition) is 5. The lowest BCUT2D eigenvalue weighted by Gasteiger charge is -2.18. The fourth-order valence-electron chi connectivity index (χ4n) is 4.02. The van der Waals surface area contributed by atoms with Gasteiger partial charge in [0.15, 0.2) is 0 Å². The van der Waals surface area contributed by atoms with Crippen LogP contribution in [0.3, 0.4) is 0 Å². The Labute approximate surface area is 230 Å². The van der Waals surface area contributed by atoms with Crippen molar-refractivity contribution in [2.24, 2.45) is 0 Å². The van der Waals surface area contributed by atoms with Crippen LogP contribution < -0.4 is 21.6 Å². The van der Waals surface area contributed by atoms with Crippen molar-refractivity contribution in [3.05, 3.63) is 108 Å². The summed E-state index contributed by atoms with van der Waals surface area (Å²) in [6.45, 7) is 8.55. The Morgan fingerprint density at radius 1 is 0.692 bits per heavy atom. The van der Waals surface area contributed by atoms with E-state index >= 15 is 0 Å². The van der Waals surface area contributed by atoms with Crippen molar-refractivity contribution < 1.29 is 18.0 Å². The van der Waals surface area contributed by atoms with Crippen LogP contribution in [0.4, 0.5) is 17.1 Å². The molecule has 4 rings (SSSR count). The molecule has 0 heterocycles. The maximum absolute atomic E-state index is 13.1. The number of amides is 2. The fraction of sp³-hybridized carbons (Fsp3) is 0.133. The number of hydrogen-bond donors (Lipinski definition) is 3. The predicted molar refractivity (Wildman–Crippen MR) is 159 cm³/mol. The van der Waals surface area contributed by atoms with E-state index in [9.17, 15) is 18.0 Å². The third-order valence-electron chi connectivity index (χ3n) is 6.32. The smallest absolute Gasteiger partial charge is 0.257 e. The second kappa shape index (κ2) is 10.9. The Bertz CT molecular complexity index is 1660. The number of carbonyl (C=O) groups is 2. The first-order valence-electron chi connectivity index (χ1n) is 12.4. The average Bonchev–Trinajstić information content (AvgIpc) is 2.89. The first-order valence-corrected chi connectivity index (χ1v) is 17.4. The molecule has 0 radical (unpaired) electrons. The summed E-state index contributed by atoms with van der Waals surface area (Å²) in [6, 6.07) is 25.0. The van der Waals surface area contributed by atoms with Crippen molar-refractivity contribution in [1.29, 1.82) is 0 Å². The van der Waals surface area contributed by atoms with Crippen LogP contribution in [0.5, 0.6) is 0 Å².